The molecule has 3 N–H and O–H groups in total. The van der Waals surface area contributed by atoms with Crippen LogP contribution < -0.4 is 10.6 Å². The van der Waals surface area contributed by atoms with Gasteiger partial charge in [0.1, 0.15) is 5.76 Å². The van der Waals surface area contributed by atoms with E-state index < -0.39 is 0 Å². The number of hydrogen-bond donors (Lipinski definition) is 3. The van der Waals surface area contributed by atoms with Crippen LogP contribution in [0.4, 0.5) is 0 Å². The number of nitrogens with one attached hydrogen (secondary N) is 2. The van der Waals surface area contributed by atoms with Crippen molar-refractivity contribution >= 4 is 29.9 Å². The number of aliphatic hydroxyl groups excluding tert-OH is 1. The lowest BCUT2D eigenvalue weighted by molar-refractivity contribution is 0.120. The van der Waals surface area contributed by atoms with Gasteiger partial charge in [-0.25, -0.2) is 0 Å². The monoisotopic (exact) mass is 447 g/mol. The predicted molar refractivity (Wildman–Crippen MR) is 107 cm³/mol. The second-order valence-corrected chi connectivity index (χ2v) is 6.84. The third-order valence-electron chi connectivity index (χ3n) is 4.94. The molecule has 0 unspecified atom stereocenters. The van der Waals surface area contributed by atoms with E-state index in [0.29, 0.717) is 12.1 Å². The van der Waals surface area contributed by atoms with E-state index in [1.54, 1.807) is 6.26 Å². The van der Waals surface area contributed by atoms with Gasteiger partial charge in [0.05, 0.1) is 12.4 Å². The second kappa shape index (κ2) is 10.3. The summed E-state index contributed by atoms with van der Waals surface area (Å²) >= 11 is 0. The summed E-state index contributed by atoms with van der Waals surface area (Å²) in [7, 11) is 0. The van der Waals surface area contributed by atoms with Crippen molar-refractivity contribution in [3.63, 3.8) is 0 Å². The Balaban J connectivity index is 0.00000208. The van der Waals surface area contributed by atoms with Gasteiger partial charge in [0, 0.05) is 25.0 Å². The van der Waals surface area contributed by atoms with Crippen LogP contribution in [0.15, 0.2) is 27.8 Å². The highest BCUT2D eigenvalue weighted by molar-refractivity contribution is 14.0. The van der Waals surface area contributed by atoms with Crippen LogP contribution in [0.2, 0.25) is 0 Å². The molecule has 0 spiro atoms. The van der Waals surface area contributed by atoms with Gasteiger partial charge in [0.25, 0.3) is 0 Å². The molecule has 2 saturated carbocycles. The number of furan rings is 1. The fourth-order valence-corrected chi connectivity index (χ4v) is 3.54. The molecule has 24 heavy (non-hydrogen) atoms. The van der Waals surface area contributed by atoms with E-state index in [0.717, 1.165) is 50.4 Å². The zero-order valence-corrected chi connectivity index (χ0v) is 16.6. The second-order valence-electron chi connectivity index (χ2n) is 6.84. The Morgan fingerprint density at radius 3 is 2.38 bits per heavy atom. The molecular weight excluding hydrogens is 417 g/mol. The Morgan fingerprint density at radius 2 is 1.75 bits per heavy atom. The Bertz CT molecular complexity index is 478. The SMILES string of the molecule is I.OC1CCC(NC(=NCCc2ccco2)NC2CCCC2)CC1. The standard InChI is InChI=1S/C18H29N3O2.HI/c22-16-9-7-15(8-10-16)21-18(20-14-4-1-2-5-14)19-12-11-17-6-3-13-23-17;/h3,6,13-16,22H,1-2,4-5,7-12H2,(H2,19,20,21);1H. The lowest BCUT2D eigenvalue weighted by Crippen LogP contribution is -2.48. The molecule has 2 aliphatic carbocycles. The maximum Gasteiger partial charge on any atom is 0.191 e. The van der Waals surface area contributed by atoms with Crippen LogP contribution in [0.5, 0.6) is 0 Å². The Morgan fingerprint density at radius 1 is 1.08 bits per heavy atom. The number of rotatable bonds is 5. The van der Waals surface area contributed by atoms with Gasteiger partial charge in [0.15, 0.2) is 5.96 Å². The number of nitrogens with zero attached hydrogens (tertiary/aromatic N) is 1. The highest BCUT2D eigenvalue weighted by Gasteiger charge is 2.22. The molecule has 5 nitrogen and oxygen atoms in total. The summed E-state index contributed by atoms with van der Waals surface area (Å²) in [4.78, 5) is 4.75. The van der Waals surface area contributed by atoms with Crippen molar-refractivity contribution in [2.24, 2.45) is 4.99 Å². The molecule has 2 fully saturated rings. The number of aliphatic imine (C=N–C) groups is 1. The quantitative estimate of drug-likeness (QED) is 0.368. The van der Waals surface area contributed by atoms with Crippen molar-refractivity contribution in [3.8, 4) is 0 Å². The minimum Gasteiger partial charge on any atom is -0.469 e. The molecule has 0 amide bonds. The van der Waals surface area contributed by atoms with Crippen LogP contribution in [0.25, 0.3) is 0 Å². The molecule has 0 bridgehead atoms. The number of aliphatic hydroxyl groups is 1. The molecule has 1 aromatic heterocycles. The van der Waals surface area contributed by atoms with E-state index in [4.69, 9.17) is 9.41 Å². The maximum atomic E-state index is 9.65. The molecule has 3 rings (SSSR count). The molecule has 1 aromatic rings. The van der Waals surface area contributed by atoms with Gasteiger partial charge in [-0.3, -0.25) is 4.99 Å². The smallest absolute Gasteiger partial charge is 0.191 e. The fraction of sp³-hybridized carbons (Fsp3) is 0.722. The van der Waals surface area contributed by atoms with Gasteiger partial charge in [-0.05, 0) is 50.7 Å². The van der Waals surface area contributed by atoms with E-state index in [2.05, 4.69) is 10.6 Å². The Hall–Kier alpha value is -0.760. The first-order valence-corrected chi connectivity index (χ1v) is 9.07. The van der Waals surface area contributed by atoms with E-state index >= 15 is 0 Å². The van der Waals surface area contributed by atoms with Crippen LogP contribution in [0, 0.1) is 0 Å². The zero-order chi connectivity index (χ0) is 15.9. The summed E-state index contributed by atoms with van der Waals surface area (Å²) in [5, 5.41) is 16.8. The first kappa shape index (κ1) is 19.6. The van der Waals surface area contributed by atoms with Crippen LogP contribution >= 0.6 is 24.0 Å². The van der Waals surface area contributed by atoms with Crippen molar-refractivity contribution in [2.45, 2.75) is 76.0 Å². The predicted octanol–water partition coefficient (Wildman–Crippen LogP) is 3.22. The van der Waals surface area contributed by atoms with E-state index in [1.165, 1.54) is 25.7 Å². The van der Waals surface area contributed by atoms with Gasteiger partial charge >= 0.3 is 0 Å². The molecule has 2 aliphatic rings. The Labute approximate surface area is 161 Å². The molecule has 6 heteroatoms. The van der Waals surface area contributed by atoms with Crippen LogP contribution in [0.1, 0.15) is 57.1 Å². The highest BCUT2D eigenvalue weighted by Crippen LogP contribution is 2.19. The summed E-state index contributed by atoms with van der Waals surface area (Å²) < 4.78 is 5.37. The van der Waals surface area contributed by atoms with Crippen molar-refractivity contribution in [2.75, 3.05) is 6.54 Å². The minimum absolute atomic E-state index is 0. The summed E-state index contributed by atoms with van der Waals surface area (Å²) in [6.45, 7) is 0.727. The average Bonchev–Trinajstić information content (AvgIpc) is 3.23. The van der Waals surface area contributed by atoms with Gasteiger partial charge < -0.3 is 20.2 Å². The van der Waals surface area contributed by atoms with E-state index in [-0.39, 0.29) is 30.1 Å². The van der Waals surface area contributed by atoms with Gasteiger partial charge in [-0.2, -0.15) is 0 Å². The molecule has 0 radical (unpaired) electrons. The third-order valence-corrected chi connectivity index (χ3v) is 4.94. The number of guanidine groups is 1. The van der Waals surface area contributed by atoms with Gasteiger partial charge in [-0.1, -0.05) is 12.8 Å². The molecule has 0 aliphatic heterocycles. The summed E-state index contributed by atoms with van der Waals surface area (Å²) in [6, 6.07) is 4.89. The van der Waals surface area contributed by atoms with Crippen molar-refractivity contribution in [1.29, 1.82) is 0 Å². The average molecular weight is 447 g/mol. The van der Waals surface area contributed by atoms with E-state index in [1.807, 2.05) is 12.1 Å². The first-order valence-electron chi connectivity index (χ1n) is 9.07. The topological polar surface area (TPSA) is 69.8 Å². The van der Waals surface area contributed by atoms with Crippen LogP contribution in [0.3, 0.4) is 0 Å². The molecule has 136 valence electrons. The lowest BCUT2D eigenvalue weighted by Gasteiger charge is -2.28. The highest BCUT2D eigenvalue weighted by atomic mass is 127. The molecular formula is C18H30IN3O2. The third kappa shape index (κ3) is 6.27. The van der Waals surface area contributed by atoms with Crippen molar-refractivity contribution < 1.29 is 9.52 Å². The number of hydrogen-bond acceptors (Lipinski definition) is 3. The molecule has 0 aromatic carbocycles. The van der Waals surface area contributed by atoms with Crippen molar-refractivity contribution in [3.05, 3.63) is 24.2 Å². The van der Waals surface area contributed by atoms with Crippen molar-refractivity contribution in [1.82, 2.24) is 10.6 Å². The normalized spacial score (nSPS) is 25.3. The summed E-state index contributed by atoms with van der Waals surface area (Å²) in [5.41, 5.74) is 0. The minimum atomic E-state index is -0.116. The van der Waals surface area contributed by atoms with Gasteiger partial charge in [-0.15, -0.1) is 24.0 Å². The first-order chi connectivity index (χ1) is 11.3. The Kier molecular flexibility index (Phi) is 8.38. The zero-order valence-electron chi connectivity index (χ0n) is 14.2. The summed E-state index contributed by atoms with van der Waals surface area (Å²) in [5.74, 6) is 1.92. The van der Waals surface area contributed by atoms with Crippen LogP contribution in [-0.2, 0) is 6.42 Å². The lowest BCUT2D eigenvalue weighted by atomic mass is 9.93. The van der Waals surface area contributed by atoms with Crippen LogP contribution in [-0.4, -0.2) is 35.8 Å². The summed E-state index contributed by atoms with van der Waals surface area (Å²) in [6.07, 6.45) is 11.3. The molecule has 1 heterocycles. The molecule has 0 atom stereocenters. The maximum absolute atomic E-state index is 9.65. The number of halogens is 1. The largest absolute Gasteiger partial charge is 0.469 e. The van der Waals surface area contributed by atoms with Gasteiger partial charge in [0.2, 0.25) is 0 Å². The molecule has 0 saturated heterocycles. The van der Waals surface area contributed by atoms with E-state index in [9.17, 15) is 5.11 Å². The fourth-order valence-electron chi connectivity index (χ4n) is 3.54.